The third-order valence-corrected chi connectivity index (χ3v) is 5.35. The maximum absolute atomic E-state index is 12.8. The molecule has 1 N–H and O–H groups in total. The molecule has 0 atom stereocenters. The zero-order chi connectivity index (χ0) is 22.5. The van der Waals surface area contributed by atoms with Gasteiger partial charge in [0.25, 0.3) is 5.91 Å². The molecule has 31 heavy (non-hydrogen) atoms. The van der Waals surface area contributed by atoms with Gasteiger partial charge in [-0.25, -0.2) is 4.79 Å². The van der Waals surface area contributed by atoms with Crippen LogP contribution in [0.1, 0.15) is 17.4 Å². The Hall–Kier alpha value is -3.43. The molecule has 1 aromatic heterocycles. The van der Waals surface area contributed by atoms with Crippen molar-refractivity contribution in [3.05, 3.63) is 23.9 Å². The molecule has 0 unspecified atom stereocenters. The van der Waals surface area contributed by atoms with Crippen molar-refractivity contribution in [2.45, 2.75) is 6.92 Å². The summed E-state index contributed by atoms with van der Waals surface area (Å²) in [5, 5.41) is 3.44. The van der Waals surface area contributed by atoms with E-state index in [4.69, 9.17) is 14.2 Å². The zero-order valence-corrected chi connectivity index (χ0v) is 18.3. The molecule has 1 saturated heterocycles. The number of hydrogen-bond acceptors (Lipinski definition) is 6. The highest BCUT2D eigenvalue weighted by Crippen LogP contribution is 2.35. The van der Waals surface area contributed by atoms with Gasteiger partial charge in [-0.2, -0.15) is 0 Å². The summed E-state index contributed by atoms with van der Waals surface area (Å²) in [6.45, 7) is 3.54. The molecule has 1 aromatic carbocycles. The molecule has 10 heteroatoms. The number of aryl methyl sites for hydroxylation is 1. The first-order chi connectivity index (χ1) is 14.9. The maximum Gasteiger partial charge on any atom is 0.409 e. The van der Waals surface area contributed by atoms with Crippen molar-refractivity contribution in [3.63, 3.8) is 0 Å². The van der Waals surface area contributed by atoms with Gasteiger partial charge in [0.15, 0.2) is 0 Å². The summed E-state index contributed by atoms with van der Waals surface area (Å²) in [5.41, 5.74) is 1.12. The molecule has 0 spiro atoms. The Morgan fingerprint density at radius 1 is 1.00 bits per heavy atom. The SMILES string of the molecule is CCOC(=O)N1CCN(C(=O)CNC(=O)c2cc3c(OC)ccc(OC)c3n2C)CC1. The van der Waals surface area contributed by atoms with Crippen LogP contribution in [-0.4, -0.2) is 85.8 Å². The number of aromatic nitrogens is 1. The summed E-state index contributed by atoms with van der Waals surface area (Å²) in [6.07, 6.45) is -0.371. The van der Waals surface area contributed by atoms with Crippen LogP contribution in [0.5, 0.6) is 11.5 Å². The summed E-state index contributed by atoms with van der Waals surface area (Å²) in [6, 6.07) is 5.28. The van der Waals surface area contributed by atoms with Crippen LogP contribution in [0.2, 0.25) is 0 Å². The predicted octanol–water partition coefficient (Wildman–Crippen LogP) is 1.23. The second-order valence-corrected chi connectivity index (χ2v) is 7.07. The first-order valence-corrected chi connectivity index (χ1v) is 10.1. The Balaban J connectivity index is 1.64. The monoisotopic (exact) mass is 432 g/mol. The summed E-state index contributed by atoms with van der Waals surface area (Å²) >= 11 is 0. The summed E-state index contributed by atoms with van der Waals surface area (Å²) < 4.78 is 17.5. The van der Waals surface area contributed by atoms with Crippen LogP contribution in [0.15, 0.2) is 18.2 Å². The lowest BCUT2D eigenvalue weighted by Gasteiger charge is -2.34. The highest BCUT2D eigenvalue weighted by atomic mass is 16.6. The minimum atomic E-state index is -0.374. The quantitative estimate of drug-likeness (QED) is 0.737. The number of rotatable bonds is 6. The van der Waals surface area contributed by atoms with Crippen molar-refractivity contribution in [1.29, 1.82) is 0 Å². The number of carbonyl (C=O) groups is 3. The molecule has 1 aliphatic rings. The van der Waals surface area contributed by atoms with Gasteiger partial charge in [0.05, 0.1) is 32.9 Å². The van der Waals surface area contributed by atoms with Crippen molar-refractivity contribution < 1.29 is 28.6 Å². The minimum absolute atomic E-state index is 0.131. The number of ether oxygens (including phenoxy) is 3. The van der Waals surface area contributed by atoms with Gasteiger partial charge in [0.2, 0.25) is 5.91 Å². The third-order valence-electron chi connectivity index (χ3n) is 5.35. The molecule has 10 nitrogen and oxygen atoms in total. The molecule has 2 aromatic rings. The molecular weight excluding hydrogens is 404 g/mol. The normalized spacial score (nSPS) is 13.8. The van der Waals surface area contributed by atoms with Crippen molar-refractivity contribution in [2.75, 3.05) is 53.6 Å². The molecule has 3 rings (SSSR count). The highest BCUT2D eigenvalue weighted by molar-refractivity contribution is 6.03. The lowest BCUT2D eigenvalue weighted by molar-refractivity contribution is -0.131. The minimum Gasteiger partial charge on any atom is -0.496 e. The van der Waals surface area contributed by atoms with Gasteiger partial charge >= 0.3 is 6.09 Å². The number of nitrogens with zero attached hydrogens (tertiary/aromatic N) is 3. The first-order valence-electron chi connectivity index (χ1n) is 10.1. The van der Waals surface area contributed by atoms with Crippen LogP contribution >= 0.6 is 0 Å². The van der Waals surface area contributed by atoms with Gasteiger partial charge in [-0.15, -0.1) is 0 Å². The smallest absolute Gasteiger partial charge is 0.409 e. The van der Waals surface area contributed by atoms with E-state index in [9.17, 15) is 14.4 Å². The Morgan fingerprint density at radius 2 is 1.61 bits per heavy atom. The average molecular weight is 432 g/mol. The van der Waals surface area contributed by atoms with E-state index in [0.29, 0.717) is 50.0 Å². The molecular formula is C21H28N4O6. The molecule has 2 heterocycles. The zero-order valence-electron chi connectivity index (χ0n) is 18.3. The van der Waals surface area contributed by atoms with Gasteiger partial charge in [-0.3, -0.25) is 9.59 Å². The Labute approximate surface area is 180 Å². The predicted molar refractivity (Wildman–Crippen MR) is 114 cm³/mol. The number of carbonyl (C=O) groups excluding carboxylic acids is 3. The second-order valence-electron chi connectivity index (χ2n) is 7.07. The van der Waals surface area contributed by atoms with E-state index in [1.54, 1.807) is 60.8 Å². The molecule has 0 saturated carbocycles. The van der Waals surface area contributed by atoms with Crippen LogP contribution < -0.4 is 14.8 Å². The number of benzene rings is 1. The van der Waals surface area contributed by atoms with E-state index >= 15 is 0 Å². The topological polar surface area (TPSA) is 102 Å². The number of fused-ring (bicyclic) bond motifs is 1. The van der Waals surface area contributed by atoms with E-state index < -0.39 is 0 Å². The van der Waals surface area contributed by atoms with E-state index in [-0.39, 0.29) is 24.5 Å². The molecule has 168 valence electrons. The molecule has 1 aliphatic heterocycles. The average Bonchev–Trinajstić information content (AvgIpc) is 3.14. The standard InChI is InChI=1S/C21H28N4O6/c1-5-31-21(28)25-10-8-24(9-11-25)18(26)13-22-20(27)15-12-14-16(29-3)6-7-17(30-4)19(14)23(15)2/h6-7,12H,5,8-11,13H2,1-4H3,(H,22,27). The Kier molecular flexibility index (Phi) is 6.88. The van der Waals surface area contributed by atoms with Gasteiger partial charge in [0, 0.05) is 38.6 Å². The third kappa shape index (κ3) is 4.52. The number of methoxy groups -OCH3 is 2. The fraction of sp³-hybridized carbons (Fsp3) is 0.476. The van der Waals surface area contributed by atoms with Crippen LogP contribution in [0.4, 0.5) is 4.79 Å². The lowest BCUT2D eigenvalue weighted by Crippen LogP contribution is -2.52. The maximum atomic E-state index is 12.8. The van der Waals surface area contributed by atoms with Crippen molar-refractivity contribution in [3.8, 4) is 11.5 Å². The Bertz CT molecular complexity index is 978. The summed E-state index contributed by atoms with van der Waals surface area (Å²) in [5.74, 6) is 0.668. The van der Waals surface area contributed by atoms with Crippen LogP contribution in [0.3, 0.4) is 0 Å². The van der Waals surface area contributed by atoms with E-state index in [2.05, 4.69) is 5.32 Å². The molecule has 3 amide bonds. The van der Waals surface area contributed by atoms with Crippen molar-refractivity contribution in [2.24, 2.45) is 7.05 Å². The van der Waals surface area contributed by atoms with Gasteiger partial charge in [-0.1, -0.05) is 0 Å². The van der Waals surface area contributed by atoms with Crippen LogP contribution in [-0.2, 0) is 16.6 Å². The van der Waals surface area contributed by atoms with E-state index in [0.717, 1.165) is 10.9 Å². The van der Waals surface area contributed by atoms with Gasteiger partial charge in [0.1, 0.15) is 17.2 Å². The molecule has 0 radical (unpaired) electrons. The van der Waals surface area contributed by atoms with Crippen molar-refractivity contribution in [1.82, 2.24) is 19.7 Å². The second kappa shape index (κ2) is 9.59. The molecule has 0 bridgehead atoms. The fourth-order valence-corrected chi connectivity index (χ4v) is 3.68. The fourth-order valence-electron chi connectivity index (χ4n) is 3.68. The van der Waals surface area contributed by atoms with Gasteiger partial charge in [-0.05, 0) is 25.1 Å². The highest BCUT2D eigenvalue weighted by Gasteiger charge is 2.25. The largest absolute Gasteiger partial charge is 0.496 e. The first kappa shape index (κ1) is 22.3. The number of nitrogens with one attached hydrogen (secondary N) is 1. The molecule has 0 aliphatic carbocycles. The lowest BCUT2D eigenvalue weighted by atomic mass is 10.2. The van der Waals surface area contributed by atoms with Crippen molar-refractivity contribution >= 4 is 28.8 Å². The van der Waals surface area contributed by atoms with E-state index in [1.807, 2.05) is 0 Å². The number of amides is 3. The Morgan fingerprint density at radius 3 is 2.23 bits per heavy atom. The van der Waals surface area contributed by atoms with Gasteiger partial charge < -0.3 is 33.9 Å². The van der Waals surface area contributed by atoms with E-state index in [1.165, 1.54) is 0 Å². The number of piperazine rings is 1. The summed E-state index contributed by atoms with van der Waals surface area (Å²) in [7, 11) is 4.89. The summed E-state index contributed by atoms with van der Waals surface area (Å²) in [4.78, 5) is 40.3. The van der Waals surface area contributed by atoms with Crippen LogP contribution in [0, 0.1) is 0 Å². The number of hydrogen-bond donors (Lipinski definition) is 1. The van der Waals surface area contributed by atoms with Crippen LogP contribution in [0.25, 0.3) is 10.9 Å². The molecule has 1 fully saturated rings.